The number of nitrogens with zero attached hydrogens (tertiary/aromatic N) is 2. The van der Waals surface area contributed by atoms with Gasteiger partial charge in [-0.15, -0.1) is 0 Å². The molecule has 88 valence electrons. The van der Waals surface area contributed by atoms with Gasteiger partial charge in [0, 0.05) is 6.07 Å². The van der Waals surface area contributed by atoms with E-state index in [9.17, 15) is 13.6 Å². The predicted molar refractivity (Wildman–Crippen MR) is 55.2 cm³/mol. The van der Waals surface area contributed by atoms with Gasteiger partial charge in [0.1, 0.15) is 6.33 Å². The molecule has 0 aliphatic heterocycles. The molecule has 0 unspecified atom stereocenters. The molecule has 2 rings (SSSR count). The van der Waals surface area contributed by atoms with Crippen molar-refractivity contribution in [3.63, 3.8) is 0 Å². The first-order chi connectivity index (χ1) is 8.00. The lowest BCUT2D eigenvalue weighted by Crippen LogP contribution is -2.07. The third-order valence-corrected chi connectivity index (χ3v) is 2.33. The smallest absolute Gasteiger partial charge is 0.354 e. The van der Waals surface area contributed by atoms with Crippen LogP contribution in [0.5, 0.6) is 0 Å². The standard InChI is InChI=1S/C11H8F2N2O2/c1-6-10(11(16)17)15(5-14-6)7-2-3-8(12)9(13)4-7/h2-5H,1H3,(H,16,17). The maximum Gasteiger partial charge on any atom is 0.354 e. The van der Waals surface area contributed by atoms with Gasteiger partial charge in [0.15, 0.2) is 17.3 Å². The number of carboxylic acids is 1. The fraction of sp³-hybridized carbons (Fsp3) is 0.0909. The number of hydrogen-bond acceptors (Lipinski definition) is 2. The van der Waals surface area contributed by atoms with E-state index in [0.29, 0.717) is 5.69 Å². The van der Waals surface area contributed by atoms with Crippen LogP contribution in [-0.4, -0.2) is 20.6 Å². The van der Waals surface area contributed by atoms with Gasteiger partial charge in [-0.1, -0.05) is 0 Å². The number of aromatic nitrogens is 2. The minimum absolute atomic E-state index is 0.0731. The third kappa shape index (κ3) is 1.89. The van der Waals surface area contributed by atoms with E-state index < -0.39 is 17.6 Å². The van der Waals surface area contributed by atoms with Gasteiger partial charge in [0.25, 0.3) is 0 Å². The summed E-state index contributed by atoms with van der Waals surface area (Å²) in [5.74, 6) is -3.20. The summed E-state index contributed by atoms with van der Waals surface area (Å²) >= 11 is 0. The Morgan fingerprint density at radius 1 is 1.35 bits per heavy atom. The van der Waals surface area contributed by atoms with Gasteiger partial charge in [-0.3, -0.25) is 4.57 Å². The lowest BCUT2D eigenvalue weighted by atomic mass is 10.2. The minimum Gasteiger partial charge on any atom is -0.477 e. The van der Waals surface area contributed by atoms with Gasteiger partial charge in [0.2, 0.25) is 0 Å². The topological polar surface area (TPSA) is 55.1 Å². The Bertz CT molecular complexity index is 593. The molecule has 17 heavy (non-hydrogen) atoms. The fourth-order valence-electron chi connectivity index (χ4n) is 1.53. The van der Waals surface area contributed by atoms with Crippen LogP contribution in [-0.2, 0) is 0 Å². The van der Waals surface area contributed by atoms with Crippen molar-refractivity contribution >= 4 is 5.97 Å². The van der Waals surface area contributed by atoms with Gasteiger partial charge in [-0.25, -0.2) is 18.6 Å². The van der Waals surface area contributed by atoms with E-state index in [1.165, 1.54) is 23.9 Å². The van der Waals surface area contributed by atoms with Crippen LogP contribution in [0.1, 0.15) is 16.2 Å². The van der Waals surface area contributed by atoms with Crippen LogP contribution in [0.25, 0.3) is 5.69 Å². The highest BCUT2D eigenvalue weighted by molar-refractivity contribution is 5.87. The van der Waals surface area contributed by atoms with Gasteiger partial charge in [-0.2, -0.15) is 0 Å². The first-order valence-electron chi connectivity index (χ1n) is 4.73. The summed E-state index contributed by atoms with van der Waals surface area (Å²) < 4.78 is 27.0. The van der Waals surface area contributed by atoms with Crippen LogP contribution in [0.4, 0.5) is 8.78 Å². The summed E-state index contributed by atoms with van der Waals surface area (Å²) in [4.78, 5) is 14.8. The molecule has 0 amide bonds. The van der Waals surface area contributed by atoms with E-state index in [0.717, 1.165) is 12.1 Å². The predicted octanol–water partition coefficient (Wildman–Crippen LogP) is 2.16. The minimum atomic E-state index is -1.18. The number of rotatable bonds is 2. The molecule has 1 heterocycles. The highest BCUT2D eigenvalue weighted by atomic mass is 19.2. The van der Waals surface area contributed by atoms with E-state index in [1.807, 2.05) is 0 Å². The maximum absolute atomic E-state index is 13.0. The molecule has 4 nitrogen and oxygen atoms in total. The van der Waals surface area contributed by atoms with Gasteiger partial charge in [0.05, 0.1) is 11.4 Å². The van der Waals surface area contributed by atoms with E-state index >= 15 is 0 Å². The Morgan fingerprint density at radius 2 is 2.06 bits per heavy atom. The van der Waals surface area contributed by atoms with E-state index in [2.05, 4.69) is 4.98 Å². The van der Waals surface area contributed by atoms with Crippen molar-refractivity contribution < 1.29 is 18.7 Å². The first-order valence-corrected chi connectivity index (χ1v) is 4.73. The second-order valence-corrected chi connectivity index (χ2v) is 3.45. The Hall–Kier alpha value is -2.24. The fourth-order valence-corrected chi connectivity index (χ4v) is 1.53. The van der Waals surface area contributed by atoms with Crippen LogP contribution >= 0.6 is 0 Å². The zero-order valence-electron chi connectivity index (χ0n) is 8.82. The number of imidazole rings is 1. The lowest BCUT2D eigenvalue weighted by Gasteiger charge is -2.05. The van der Waals surface area contributed by atoms with E-state index in [-0.39, 0.29) is 11.4 Å². The van der Waals surface area contributed by atoms with Crippen LogP contribution in [0, 0.1) is 18.6 Å². The molecule has 0 aliphatic carbocycles. The average molecular weight is 238 g/mol. The number of carboxylic acid groups (broad SMARTS) is 1. The van der Waals surface area contributed by atoms with Crippen LogP contribution in [0.3, 0.4) is 0 Å². The lowest BCUT2D eigenvalue weighted by molar-refractivity contribution is 0.0687. The Balaban J connectivity index is 2.60. The van der Waals surface area contributed by atoms with Crippen molar-refractivity contribution in [1.29, 1.82) is 0 Å². The Kier molecular flexibility index (Phi) is 2.63. The SMILES string of the molecule is Cc1ncn(-c2ccc(F)c(F)c2)c1C(=O)O. The number of aryl methyl sites for hydroxylation is 1. The molecule has 0 bridgehead atoms. The van der Waals surface area contributed by atoms with E-state index in [1.54, 1.807) is 0 Å². The van der Waals surface area contributed by atoms with Crippen LogP contribution in [0.2, 0.25) is 0 Å². The molecule has 0 saturated heterocycles. The van der Waals surface area contributed by atoms with Crippen molar-refractivity contribution in [3.05, 3.63) is 47.5 Å². The zero-order valence-corrected chi connectivity index (χ0v) is 8.82. The molecule has 6 heteroatoms. The van der Waals surface area contributed by atoms with Crippen LogP contribution in [0.15, 0.2) is 24.5 Å². The normalized spacial score (nSPS) is 10.5. The maximum atomic E-state index is 13.0. The summed E-state index contributed by atoms with van der Waals surface area (Å²) in [6, 6.07) is 3.14. The molecular weight excluding hydrogens is 230 g/mol. The first kappa shape index (κ1) is 11.3. The average Bonchev–Trinajstić information content (AvgIpc) is 2.64. The van der Waals surface area contributed by atoms with Crippen molar-refractivity contribution in [2.45, 2.75) is 6.92 Å². The zero-order chi connectivity index (χ0) is 12.6. The summed E-state index contributed by atoms with van der Waals surface area (Å²) in [6.45, 7) is 1.53. The number of carbonyl (C=O) groups is 1. The quantitative estimate of drug-likeness (QED) is 0.872. The molecule has 1 aromatic heterocycles. The Labute approximate surface area is 95.1 Å². The highest BCUT2D eigenvalue weighted by Crippen LogP contribution is 2.17. The molecule has 0 saturated carbocycles. The number of hydrogen-bond donors (Lipinski definition) is 1. The molecular formula is C11H8F2N2O2. The molecule has 0 atom stereocenters. The Morgan fingerprint density at radius 3 is 2.65 bits per heavy atom. The van der Waals surface area contributed by atoms with Gasteiger partial charge in [-0.05, 0) is 19.1 Å². The molecule has 0 fully saturated rings. The number of benzene rings is 1. The van der Waals surface area contributed by atoms with Gasteiger partial charge >= 0.3 is 5.97 Å². The number of halogens is 2. The summed E-state index contributed by atoms with van der Waals surface area (Å²) in [5, 5.41) is 8.99. The molecule has 0 aliphatic rings. The molecule has 1 aromatic carbocycles. The van der Waals surface area contributed by atoms with E-state index in [4.69, 9.17) is 5.11 Å². The van der Waals surface area contributed by atoms with Crippen molar-refractivity contribution in [2.24, 2.45) is 0 Å². The third-order valence-electron chi connectivity index (χ3n) is 2.33. The molecule has 0 radical (unpaired) electrons. The van der Waals surface area contributed by atoms with Crippen LogP contribution < -0.4 is 0 Å². The van der Waals surface area contributed by atoms with Crippen molar-refractivity contribution in [1.82, 2.24) is 9.55 Å². The summed E-state index contributed by atoms with van der Waals surface area (Å²) in [5.41, 5.74) is 0.445. The molecule has 1 N–H and O–H groups in total. The summed E-state index contributed by atoms with van der Waals surface area (Å²) in [6.07, 6.45) is 1.26. The second kappa shape index (κ2) is 3.97. The van der Waals surface area contributed by atoms with Gasteiger partial charge < -0.3 is 5.11 Å². The molecule has 0 spiro atoms. The second-order valence-electron chi connectivity index (χ2n) is 3.45. The monoisotopic (exact) mass is 238 g/mol. The van der Waals surface area contributed by atoms with Crippen molar-refractivity contribution in [3.8, 4) is 5.69 Å². The number of aromatic carboxylic acids is 1. The highest BCUT2D eigenvalue weighted by Gasteiger charge is 2.16. The largest absolute Gasteiger partial charge is 0.477 e. The molecule has 2 aromatic rings. The summed E-state index contributed by atoms with van der Waals surface area (Å²) in [7, 11) is 0. The van der Waals surface area contributed by atoms with Crippen molar-refractivity contribution in [2.75, 3.05) is 0 Å².